The summed E-state index contributed by atoms with van der Waals surface area (Å²) in [5, 5.41) is 1.63. The van der Waals surface area contributed by atoms with Crippen molar-refractivity contribution < 1.29 is 9.57 Å². The molecule has 0 aliphatic rings. The number of anilines is 2. The van der Waals surface area contributed by atoms with Crippen molar-refractivity contribution in [1.82, 2.24) is 0 Å². The lowest BCUT2D eigenvalue weighted by Gasteiger charge is -2.16. The molecule has 4 heteroatoms. The molecule has 2 N–H and O–H groups in total. The molecule has 0 heterocycles. The maximum atomic E-state index is 5.66. The lowest BCUT2D eigenvalue weighted by Crippen LogP contribution is -2.14. The SMILES string of the molecule is COc1cc(N(C)OC)ccc1N. The van der Waals surface area contributed by atoms with E-state index in [0.29, 0.717) is 11.4 Å². The standard InChI is InChI=1S/C9H14N2O2/c1-11(13-3)7-4-5-8(10)9(6-7)12-2/h4-6H,10H2,1-3H3. The summed E-state index contributed by atoms with van der Waals surface area (Å²) in [6.45, 7) is 0. The first-order valence-corrected chi connectivity index (χ1v) is 3.90. The zero-order chi connectivity index (χ0) is 9.84. The number of rotatable bonds is 3. The zero-order valence-electron chi connectivity index (χ0n) is 8.07. The molecule has 72 valence electrons. The fraction of sp³-hybridized carbons (Fsp3) is 0.333. The number of nitrogen functional groups attached to an aromatic ring is 1. The molecule has 0 aliphatic heterocycles. The number of benzene rings is 1. The van der Waals surface area contributed by atoms with Crippen molar-refractivity contribution >= 4 is 11.4 Å². The van der Waals surface area contributed by atoms with E-state index in [1.54, 1.807) is 25.3 Å². The molecule has 0 saturated carbocycles. The summed E-state index contributed by atoms with van der Waals surface area (Å²) in [4.78, 5) is 5.01. The van der Waals surface area contributed by atoms with Crippen LogP contribution in [0.1, 0.15) is 0 Å². The van der Waals surface area contributed by atoms with E-state index in [1.807, 2.05) is 19.2 Å². The first kappa shape index (κ1) is 9.67. The summed E-state index contributed by atoms with van der Waals surface area (Å²) < 4.78 is 5.07. The molecule has 0 spiro atoms. The van der Waals surface area contributed by atoms with E-state index < -0.39 is 0 Å². The van der Waals surface area contributed by atoms with Crippen LogP contribution in [0.3, 0.4) is 0 Å². The molecule has 0 fully saturated rings. The first-order valence-electron chi connectivity index (χ1n) is 3.90. The highest BCUT2D eigenvalue weighted by molar-refractivity contribution is 5.61. The van der Waals surface area contributed by atoms with Gasteiger partial charge >= 0.3 is 0 Å². The molecule has 1 aromatic carbocycles. The van der Waals surface area contributed by atoms with Crippen LogP contribution in [-0.4, -0.2) is 21.3 Å². The van der Waals surface area contributed by atoms with Gasteiger partial charge in [0.15, 0.2) is 0 Å². The van der Waals surface area contributed by atoms with Crippen molar-refractivity contribution in [3.8, 4) is 5.75 Å². The van der Waals surface area contributed by atoms with E-state index in [2.05, 4.69) is 0 Å². The van der Waals surface area contributed by atoms with Gasteiger partial charge < -0.3 is 10.5 Å². The molecule has 0 aliphatic carbocycles. The third-order valence-electron chi connectivity index (χ3n) is 1.85. The van der Waals surface area contributed by atoms with E-state index in [1.165, 1.54) is 0 Å². The van der Waals surface area contributed by atoms with Gasteiger partial charge in [0, 0.05) is 13.1 Å². The molecule has 13 heavy (non-hydrogen) atoms. The highest BCUT2D eigenvalue weighted by atomic mass is 16.7. The monoisotopic (exact) mass is 182 g/mol. The topological polar surface area (TPSA) is 47.7 Å². The van der Waals surface area contributed by atoms with Crippen LogP contribution in [0.2, 0.25) is 0 Å². The molecule has 4 nitrogen and oxygen atoms in total. The van der Waals surface area contributed by atoms with Gasteiger partial charge in [-0.1, -0.05) is 0 Å². The second kappa shape index (κ2) is 4.00. The Morgan fingerprint density at radius 1 is 1.31 bits per heavy atom. The highest BCUT2D eigenvalue weighted by Crippen LogP contribution is 2.26. The Labute approximate surface area is 77.8 Å². The van der Waals surface area contributed by atoms with E-state index >= 15 is 0 Å². The lowest BCUT2D eigenvalue weighted by molar-refractivity contribution is 0.184. The molecule has 1 rings (SSSR count). The quantitative estimate of drug-likeness (QED) is 0.565. The molecule has 1 aromatic rings. The molecule has 0 aromatic heterocycles. The molecular weight excluding hydrogens is 168 g/mol. The number of ether oxygens (including phenoxy) is 1. The largest absolute Gasteiger partial charge is 0.495 e. The van der Waals surface area contributed by atoms with Crippen molar-refractivity contribution in [2.75, 3.05) is 32.1 Å². The fourth-order valence-electron chi connectivity index (χ4n) is 1.00. The number of hydrogen-bond donors (Lipinski definition) is 1. The fourth-order valence-corrected chi connectivity index (χ4v) is 1.00. The Balaban J connectivity index is 2.99. The number of nitrogens with two attached hydrogens (primary N) is 1. The van der Waals surface area contributed by atoms with Crippen LogP contribution in [0.5, 0.6) is 5.75 Å². The van der Waals surface area contributed by atoms with Crippen molar-refractivity contribution in [3.63, 3.8) is 0 Å². The van der Waals surface area contributed by atoms with E-state index in [0.717, 1.165) is 5.69 Å². The van der Waals surface area contributed by atoms with Gasteiger partial charge in [0.1, 0.15) is 5.75 Å². The number of methoxy groups -OCH3 is 1. The molecule has 0 saturated heterocycles. The average Bonchev–Trinajstić information content (AvgIpc) is 2.17. The van der Waals surface area contributed by atoms with Crippen LogP contribution in [0.25, 0.3) is 0 Å². The van der Waals surface area contributed by atoms with Gasteiger partial charge in [-0.25, -0.2) is 0 Å². The van der Waals surface area contributed by atoms with Gasteiger partial charge in [-0.2, -0.15) is 0 Å². The summed E-state index contributed by atoms with van der Waals surface area (Å²) >= 11 is 0. The third-order valence-corrected chi connectivity index (χ3v) is 1.85. The van der Waals surface area contributed by atoms with Crippen LogP contribution in [0.4, 0.5) is 11.4 Å². The predicted octanol–water partition coefficient (Wildman–Crippen LogP) is 1.27. The molecule has 0 bridgehead atoms. The van der Waals surface area contributed by atoms with Gasteiger partial charge in [-0.15, -0.1) is 0 Å². The molecule has 0 radical (unpaired) electrons. The zero-order valence-corrected chi connectivity index (χ0v) is 8.07. The van der Waals surface area contributed by atoms with E-state index in [9.17, 15) is 0 Å². The summed E-state index contributed by atoms with van der Waals surface area (Å²) in [5.74, 6) is 0.654. The number of nitrogens with zero attached hydrogens (tertiary/aromatic N) is 1. The van der Waals surface area contributed by atoms with Crippen LogP contribution in [-0.2, 0) is 4.84 Å². The Morgan fingerprint density at radius 3 is 2.54 bits per heavy atom. The van der Waals surface area contributed by atoms with E-state index in [4.69, 9.17) is 15.3 Å². The summed E-state index contributed by atoms with van der Waals surface area (Å²) in [7, 11) is 5.00. The summed E-state index contributed by atoms with van der Waals surface area (Å²) in [6.07, 6.45) is 0. The van der Waals surface area contributed by atoms with Crippen molar-refractivity contribution in [1.29, 1.82) is 0 Å². The molecule has 0 amide bonds. The predicted molar refractivity (Wildman–Crippen MR) is 52.8 cm³/mol. The Bertz CT molecular complexity index is 289. The average molecular weight is 182 g/mol. The van der Waals surface area contributed by atoms with Crippen molar-refractivity contribution in [2.45, 2.75) is 0 Å². The molecular formula is C9H14N2O2. The van der Waals surface area contributed by atoms with Crippen molar-refractivity contribution in [2.24, 2.45) is 0 Å². The number of hydroxylamine groups is 1. The Hall–Kier alpha value is -1.42. The molecule has 0 unspecified atom stereocenters. The van der Waals surface area contributed by atoms with Gasteiger partial charge in [0.05, 0.1) is 25.6 Å². The number of hydrogen-bond acceptors (Lipinski definition) is 4. The Morgan fingerprint density at radius 2 is 2.00 bits per heavy atom. The highest BCUT2D eigenvalue weighted by Gasteiger charge is 2.03. The minimum absolute atomic E-state index is 0.621. The maximum Gasteiger partial charge on any atom is 0.143 e. The minimum atomic E-state index is 0.621. The normalized spacial score (nSPS) is 9.77. The van der Waals surface area contributed by atoms with Crippen LogP contribution in [0.15, 0.2) is 18.2 Å². The van der Waals surface area contributed by atoms with Gasteiger partial charge in [0.2, 0.25) is 0 Å². The van der Waals surface area contributed by atoms with Crippen LogP contribution in [0, 0.1) is 0 Å². The molecule has 0 atom stereocenters. The van der Waals surface area contributed by atoms with Gasteiger partial charge in [-0.3, -0.25) is 9.90 Å². The van der Waals surface area contributed by atoms with Gasteiger partial charge in [0.25, 0.3) is 0 Å². The Kier molecular flexibility index (Phi) is 2.97. The van der Waals surface area contributed by atoms with E-state index in [-0.39, 0.29) is 0 Å². The minimum Gasteiger partial charge on any atom is -0.495 e. The third kappa shape index (κ3) is 2.03. The van der Waals surface area contributed by atoms with Crippen molar-refractivity contribution in [3.05, 3.63) is 18.2 Å². The second-order valence-corrected chi connectivity index (χ2v) is 2.61. The van der Waals surface area contributed by atoms with Gasteiger partial charge in [-0.05, 0) is 12.1 Å². The lowest BCUT2D eigenvalue weighted by atomic mass is 10.2. The van der Waals surface area contributed by atoms with Crippen LogP contribution >= 0.6 is 0 Å². The van der Waals surface area contributed by atoms with Crippen LogP contribution < -0.4 is 15.5 Å². The smallest absolute Gasteiger partial charge is 0.143 e. The summed E-state index contributed by atoms with van der Waals surface area (Å²) in [5.41, 5.74) is 7.18. The second-order valence-electron chi connectivity index (χ2n) is 2.61. The first-order chi connectivity index (χ1) is 6.19. The maximum absolute atomic E-state index is 5.66. The summed E-state index contributed by atoms with van der Waals surface area (Å²) in [6, 6.07) is 5.46.